The summed E-state index contributed by atoms with van der Waals surface area (Å²) in [5.74, 6) is 0.889. The molecule has 0 fully saturated rings. The van der Waals surface area contributed by atoms with Gasteiger partial charge < -0.3 is 10.1 Å². The largest absolute Gasteiger partial charge is 0.497 e. The molecule has 2 heteroatoms. The maximum Gasteiger partial charge on any atom is 0.120 e. The molecule has 0 saturated heterocycles. The molecule has 0 aliphatic carbocycles. The lowest BCUT2D eigenvalue weighted by Crippen LogP contribution is -2.23. The highest BCUT2D eigenvalue weighted by atomic mass is 16.5. The third-order valence-electron chi connectivity index (χ3n) is 3.68. The van der Waals surface area contributed by atoms with Crippen LogP contribution in [0.2, 0.25) is 0 Å². The Kier molecular flexibility index (Phi) is 7.51. The van der Waals surface area contributed by atoms with Crippen molar-refractivity contribution in [3.63, 3.8) is 0 Å². The van der Waals surface area contributed by atoms with Gasteiger partial charge in [0.05, 0.1) is 13.2 Å². The summed E-state index contributed by atoms with van der Waals surface area (Å²) in [6, 6.07) is 6.46. The Morgan fingerprint density at radius 3 is 2.55 bits per heavy atom. The van der Waals surface area contributed by atoms with Gasteiger partial charge >= 0.3 is 0 Å². The second-order valence-electron chi connectivity index (χ2n) is 4.87. The lowest BCUT2D eigenvalue weighted by atomic mass is 9.91. The van der Waals surface area contributed by atoms with Crippen LogP contribution in [0.1, 0.15) is 46.6 Å². The molecule has 1 heterocycles. The SMILES string of the molecule is C/C=C\C(=C/C)C1C=C(CC)c2ccc(OC)cc2N1.CC. The van der Waals surface area contributed by atoms with Gasteiger partial charge in [-0.15, -0.1) is 0 Å². The normalized spacial score (nSPS) is 17.1. The van der Waals surface area contributed by atoms with Crippen LogP contribution in [0.4, 0.5) is 5.69 Å². The highest BCUT2D eigenvalue weighted by Gasteiger charge is 2.19. The summed E-state index contributed by atoms with van der Waals surface area (Å²) in [5, 5.41) is 3.60. The fraction of sp³-hybridized carbons (Fsp3) is 0.400. The zero-order chi connectivity index (χ0) is 16.5. The van der Waals surface area contributed by atoms with E-state index in [9.17, 15) is 0 Å². The molecule has 1 atom stereocenters. The Bertz CT molecular complexity index is 567. The first-order valence-electron chi connectivity index (χ1n) is 8.18. The third-order valence-corrected chi connectivity index (χ3v) is 3.68. The second kappa shape index (κ2) is 9.14. The summed E-state index contributed by atoms with van der Waals surface area (Å²) >= 11 is 0. The molecule has 1 aliphatic heterocycles. The minimum Gasteiger partial charge on any atom is -0.497 e. The molecule has 0 saturated carbocycles. The van der Waals surface area contributed by atoms with Crippen LogP contribution in [0, 0.1) is 0 Å². The first-order chi connectivity index (χ1) is 10.7. The number of hydrogen-bond donors (Lipinski definition) is 1. The van der Waals surface area contributed by atoms with Gasteiger partial charge in [0.2, 0.25) is 0 Å². The molecular formula is C20H29NO. The summed E-state index contributed by atoms with van der Waals surface area (Å²) in [7, 11) is 1.70. The van der Waals surface area contributed by atoms with E-state index in [1.165, 1.54) is 16.7 Å². The lowest BCUT2D eigenvalue weighted by molar-refractivity contribution is 0.415. The van der Waals surface area contributed by atoms with Crippen LogP contribution < -0.4 is 10.1 Å². The summed E-state index contributed by atoms with van der Waals surface area (Å²) in [6.45, 7) is 10.3. The van der Waals surface area contributed by atoms with Crippen LogP contribution in [-0.4, -0.2) is 13.2 Å². The van der Waals surface area contributed by atoms with Crippen molar-refractivity contribution < 1.29 is 4.74 Å². The number of benzene rings is 1. The molecule has 0 amide bonds. The molecule has 120 valence electrons. The molecule has 2 nitrogen and oxygen atoms in total. The van der Waals surface area contributed by atoms with E-state index in [2.05, 4.69) is 55.6 Å². The van der Waals surface area contributed by atoms with Gasteiger partial charge in [-0.2, -0.15) is 0 Å². The molecule has 1 aromatic carbocycles. The molecule has 1 aromatic rings. The van der Waals surface area contributed by atoms with E-state index < -0.39 is 0 Å². The van der Waals surface area contributed by atoms with Gasteiger partial charge in [-0.3, -0.25) is 0 Å². The number of nitrogens with one attached hydrogen (secondary N) is 1. The van der Waals surface area contributed by atoms with E-state index in [1.54, 1.807) is 7.11 Å². The van der Waals surface area contributed by atoms with Gasteiger partial charge in [-0.05, 0) is 43.5 Å². The minimum atomic E-state index is 0.228. The molecular weight excluding hydrogens is 270 g/mol. The topological polar surface area (TPSA) is 21.3 Å². The van der Waals surface area contributed by atoms with Crippen molar-refractivity contribution in [2.45, 2.75) is 47.1 Å². The summed E-state index contributed by atoms with van der Waals surface area (Å²) < 4.78 is 5.33. The predicted molar refractivity (Wildman–Crippen MR) is 98.6 cm³/mol. The molecule has 2 rings (SSSR count). The lowest BCUT2D eigenvalue weighted by Gasteiger charge is -2.27. The van der Waals surface area contributed by atoms with Gasteiger partial charge in [-0.1, -0.05) is 45.1 Å². The van der Waals surface area contributed by atoms with Crippen molar-refractivity contribution in [3.05, 3.63) is 53.6 Å². The second-order valence-corrected chi connectivity index (χ2v) is 4.87. The monoisotopic (exact) mass is 299 g/mol. The van der Waals surface area contributed by atoms with Gasteiger partial charge in [0, 0.05) is 17.3 Å². The Morgan fingerprint density at radius 1 is 1.27 bits per heavy atom. The number of allylic oxidation sites excluding steroid dienone is 3. The summed E-state index contributed by atoms with van der Waals surface area (Å²) in [4.78, 5) is 0. The maximum absolute atomic E-state index is 5.33. The van der Waals surface area contributed by atoms with Gasteiger partial charge in [0.25, 0.3) is 0 Å². The molecule has 22 heavy (non-hydrogen) atoms. The van der Waals surface area contributed by atoms with E-state index in [-0.39, 0.29) is 6.04 Å². The predicted octanol–water partition coefficient (Wildman–Crippen LogP) is 5.83. The van der Waals surface area contributed by atoms with Crippen LogP contribution in [0.3, 0.4) is 0 Å². The van der Waals surface area contributed by atoms with E-state index in [1.807, 2.05) is 26.8 Å². The van der Waals surface area contributed by atoms with Crippen molar-refractivity contribution in [2.75, 3.05) is 12.4 Å². The number of anilines is 1. The van der Waals surface area contributed by atoms with Gasteiger partial charge in [0.1, 0.15) is 5.75 Å². The van der Waals surface area contributed by atoms with Crippen LogP contribution in [0.5, 0.6) is 5.75 Å². The van der Waals surface area contributed by atoms with Crippen molar-refractivity contribution in [3.8, 4) is 5.75 Å². The zero-order valence-corrected chi connectivity index (χ0v) is 14.7. The van der Waals surface area contributed by atoms with Crippen LogP contribution in [0.25, 0.3) is 5.57 Å². The fourth-order valence-corrected chi connectivity index (χ4v) is 2.61. The standard InChI is InChI=1S/C18H23NO.C2H6/c1-5-8-13(6-2)17-11-14(7-3)16-10-9-15(20-4)12-18(16)19-17;1-2/h5-6,8-12,17,19H,7H2,1-4H3;1-2H3/b8-5-,13-6+;. The first kappa shape index (κ1) is 18.1. The number of hydrogen-bond acceptors (Lipinski definition) is 2. The van der Waals surface area contributed by atoms with E-state index in [0.29, 0.717) is 0 Å². The molecule has 1 unspecified atom stereocenters. The highest BCUT2D eigenvalue weighted by Crippen LogP contribution is 2.35. The van der Waals surface area contributed by atoms with Gasteiger partial charge in [0.15, 0.2) is 0 Å². The molecule has 1 N–H and O–H groups in total. The average molecular weight is 299 g/mol. The summed E-state index contributed by atoms with van der Waals surface area (Å²) in [6.07, 6.45) is 9.76. The molecule has 0 aromatic heterocycles. The third kappa shape index (κ3) is 4.03. The van der Waals surface area contributed by atoms with Crippen LogP contribution >= 0.6 is 0 Å². The molecule has 0 radical (unpaired) electrons. The van der Waals surface area contributed by atoms with E-state index in [0.717, 1.165) is 17.9 Å². The Balaban J connectivity index is 0.00000116. The van der Waals surface area contributed by atoms with Crippen molar-refractivity contribution >= 4 is 11.3 Å². The number of methoxy groups -OCH3 is 1. The Hall–Kier alpha value is -1.96. The number of fused-ring (bicyclic) bond motifs is 1. The molecule has 0 bridgehead atoms. The van der Waals surface area contributed by atoms with Crippen LogP contribution in [0.15, 0.2) is 48.1 Å². The molecule has 1 aliphatic rings. The van der Waals surface area contributed by atoms with E-state index in [4.69, 9.17) is 4.74 Å². The van der Waals surface area contributed by atoms with Crippen molar-refractivity contribution in [1.82, 2.24) is 0 Å². The smallest absolute Gasteiger partial charge is 0.120 e. The average Bonchev–Trinajstić information content (AvgIpc) is 2.59. The fourth-order valence-electron chi connectivity index (χ4n) is 2.61. The molecule has 0 spiro atoms. The zero-order valence-electron chi connectivity index (χ0n) is 14.7. The number of rotatable bonds is 4. The van der Waals surface area contributed by atoms with E-state index >= 15 is 0 Å². The number of ether oxygens (including phenoxy) is 1. The maximum atomic E-state index is 5.33. The van der Waals surface area contributed by atoms with Gasteiger partial charge in [-0.25, -0.2) is 0 Å². The van der Waals surface area contributed by atoms with Crippen LogP contribution in [-0.2, 0) is 0 Å². The summed E-state index contributed by atoms with van der Waals surface area (Å²) in [5.41, 5.74) is 5.10. The van der Waals surface area contributed by atoms with Crippen molar-refractivity contribution in [1.29, 1.82) is 0 Å². The minimum absolute atomic E-state index is 0.228. The Labute approximate surface area is 135 Å². The quantitative estimate of drug-likeness (QED) is 0.706. The first-order valence-corrected chi connectivity index (χ1v) is 8.18. The highest BCUT2D eigenvalue weighted by molar-refractivity contribution is 5.82. The van der Waals surface area contributed by atoms with Crippen molar-refractivity contribution in [2.24, 2.45) is 0 Å². The Morgan fingerprint density at radius 2 is 2.00 bits per heavy atom.